The number of aromatic carboxylic acids is 1. The third-order valence-corrected chi connectivity index (χ3v) is 6.03. The minimum Gasteiger partial charge on any atom is -0.493 e. The molecule has 0 spiro atoms. The number of halogens is 2. The molecule has 0 aliphatic carbocycles. The zero-order valence-corrected chi connectivity index (χ0v) is 20.7. The number of anilines is 1. The quantitative estimate of drug-likeness (QED) is 0.248. The van der Waals surface area contributed by atoms with E-state index < -0.39 is 17.8 Å². The molecule has 36 heavy (non-hydrogen) atoms. The van der Waals surface area contributed by atoms with Crippen LogP contribution in [0.2, 0.25) is 10.0 Å². The SMILES string of the molecule is COc1cc(/C=C2\C(=O)NC(=S)N(c3ccc(Cl)c(Cl)c3)C2=O)ccc1OCc1ccc(C(=O)O)o1. The summed E-state index contributed by atoms with van der Waals surface area (Å²) in [5.74, 6) is -1.73. The smallest absolute Gasteiger partial charge is 0.371 e. The molecule has 0 radical (unpaired) electrons. The van der Waals surface area contributed by atoms with E-state index in [0.29, 0.717) is 33.5 Å². The second-order valence-corrected chi connectivity index (χ2v) is 8.53. The van der Waals surface area contributed by atoms with Crippen molar-refractivity contribution in [3.63, 3.8) is 0 Å². The van der Waals surface area contributed by atoms with E-state index >= 15 is 0 Å². The maximum Gasteiger partial charge on any atom is 0.371 e. The number of carbonyl (C=O) groups excluding carboxylic acids is 2. The topological polar surface area (TPSA) is 118 Å². The van der Waals surface area contributed by atoms with Gasteiger partial charge in [0, 0.05) is 0 Å². The van der Waals surface area contributed by atoms with Crippen LogP contribution in [0.1, 0.15) is 21.9 Å². The van der Waals surface area contributed by atoms with Crippen molar-refractivity contribution in [2.24, 2.45) is 0 Å². The Kier molecular flexibility index (Phi) is 7.30. The van der Waals surface area contributed by atoms with Gasteiger partial charge in [0.05, 0.1) is 22.8 Å². The molecule has 2 amide bonds. The Balaban J connectivity index is 1.58. The van der Waals surface area contributed by atoms with E-state index in [2.05, 4.69) is 5.32 Å². The lowest BCUT2D eigenvalue weighted by atomic mass is 10.1. The van der Waals surface area contributed by atoms with E-state index in [1.165, 1.54) is 37.5 Å². The lowest BCUT2D eigenvalue weighted by Gasteiger charge is -2.29. The van der Waals surface area contributed by atoms with Gasteiger partial charge in [0.2, 0.25) is 5.76 Å². The lowest BCUT2D eigenvalue weighted by molar-refractivity contribution is -0.122. The van der Waals surface area contributed by atoms with E-state index in [4.69, 9.17) is 54.4 Å². The molecule has 12 heteroatoms. The van der Waals surface area contributed by atoms with Crippen LogP contribution >= 0.6 is 35.4 Å². The van der Waals surface area contributed by atoms with E-state index in [9.17, 15) is 14.4 Å². The fourth-order valence-electron chi connectivity index (χ4n) is 3.30. The highest BCUT2D eigenvalue weighted by Crippen LogP contribution is 2.32. The van der Waals surface area contributed by atoms with E-state index in [0.717, 1.165) is 4.90 Å². The fourth-order valence-corrected chi connectivity index (χ4v) is 3.87. The van der Waals surface area contributed by atoms with Gasteiger partial charge in [-0.05, 0) is 66.3 Å². The van der Waals surface area contributed by atoms with Gasteiger partial charge in [-0.2, -0.15) is 0 Å². The van der Waals surface area contributed by atoms with Crippen LogP contribution in [-0.2, 0) is 16.2 Å². The number of nitrogens with one attached hydrogen (secondary N) is 1. The number of thiocarbonyl (C=S) groups is 1. The molecular weight excluding hydrogens is 531 g/mol. The largest absolute Gasteiger partial charge is 0.493 e. The maximum absolute atomic E-state index is 13.2. The summed E-state index contributed by atoms with van der Waals surface area (Å²) >= 11 is 17.2. The highest BCUT2D eigenvalue weighted by Gasteiger charge is 2.34. The first kappa shape index (κ1) is 25.2. The molecule has 0 atom stereocenters. The second kappa shape index (κ2) is 10.4. The Morgan fingerprint density at radius 3 is 2.56 bits per heavy atom. The summed E-state index contributed by atoms with van der Waals surface area (Å²) in [7, 11) is 1.43. The summed E-state index contributed by atoms with van der Waals surface area (Å²) in [4.78, 5) is 37.9. The van der Waals surface area contributed by atoms with Crippen LogP contribution in [0.3, 0.4) is 0 Å². The molecule has 2 N–H and O–H groups in total. The molecule has 1 aliphatic rings. The van der Waals surface area contributed by atoms with Crippen LogP contribution in [0.5, 0.6) is 11.5 Å². The standard InChI is InChI=1S/C24H16Cl2N2O7S/c1-33-20-9-12(2-6-18(20)34-11-14-4-7-19(35-14)23(31)32)8-15-21(29)27-24(36)28(22(15)30)13-3-5-16(25)17(26)10-13/h2-10H,11H2,1H3,(H,31,32)(H,27,29,36)/b15-8+. The number of carboxylic acids is 1. The van der Waals surface area contributed by atoms with E-state index in [1.807, 2.05) is 0 Å². The number of hydrogen-bond acceptors (Lipinski definition) is 7. The molecule has 2 aromatic carbocycles. The van der Waals surface area contributed by atoms with Crippen molar-refractivity contribution in [2.75, 3.05) is 12.0 Å². The number of carboxylic acid groups (broad SMARTS) is 1. The molecule has 0 bridgehead atoms. The summed E-state index contributed by atoms with van der Waals surface area (Å²) in [5.41, 5.74) is 0.656. The number of methoxy groups -OCH3 is 1. The minimum absolute atomic E-state index is 0.0407. The van der Waals surface area contributed by atoms with Gasteiger partial charge in [-0.1, -0.05) is 29.3 Å². The van der Waals surface area contributed by atoms with Crippen LogP contribution in [0.15, 0.2) is 58.5 Å². The molecule has 1 aromatic heterocycles. The van der Waals surface area contributed by atoms with E-state index in [1.54, 1.807) is 24.3 Å². The lowest BCUT2D eigenvalue weighted by Crippen LogP contribution is -2.54. The molecule has 184 valence electrons. The number of hydrogen-bond donors (Lipinski definition) is 2. The molecule has 9 nitrogen and oxygen atoms in total. The Morgan fingerprint density at radius 1 is 1.11 bits per heavy atom. The molecule has 1 aliphatic heterocycles. The molecule has 3 aromatic rings. The van der Waals surface area contributed by atoms with Gasteiger partial charge in [0.15, 0.2) is 16.6 Å². The summed E-state index contributed by atoms with van der Waals surface area (Å²) in [6, 6.07) is 12.1. The molecule has 1 fully saturated rings. The van der Waals surface area contributed by atoms with Gasteiger partial charge in [0.1, 0.15) is 17.9 Å². The second-order valence-electron chi connectivity index (χ2n) is 7.33. The van der Waals surface area contributed by atoms with Gasteiger partial charge in [0.25, 0.3) is 11.8 Å². The van der Waals surface area contributed by atoms with Crippen molar-refractivity contribution < 1.29 is 33.4 Å². The average molecular weight is 547 g/mol. The van der Waals surface area contributed by atoms with Gasteiger partial charge in [-0.3, -0.25) is 19.8 Å². The number of amides is 2. The van der Waals surface area contributed by atoms with Crippen LogP contribution in [-0.4, -0.2) is 35.1 Å². The van der Waals surface area contributed by atoms with Crippen LogP contribution < -0.4 is 19.7 Å². The molecule has 2 heterocycles. The van der Waals surface area contributed by atoms with Gasteiger partial charge in [-0.15, -0.1) is 0 Å². The Labute approximate surface area is 219 Å². The third kappa shape index (κ3) is 5.20. The molecule has 4 rings (SSSR count). The Bertz CT molecular complexity index is 1430. The molecular formula is C24H16Cl2N2O7S. The predicted octanol–water partition coefficient (Wildman–Crippen LogP) is 4.70. The van der Waals surface area contributed by atoms with Crippen molar-refractivity contribution in [1.29, 1.82) is 0 Å². The average Bonchev–Trinajstić information content (AvgIpc) is 3.32. The normalized spacial score (nSPS) is 14.7. The maximum atomic E-state index is 13.2. The minimum atomic E-state index is -1.18. The summed E-state index contributed by atoms with van der Waals surface area (Å²) in [6.07, 6.45) is 1.39. The number of carbonyl (C=O) groups is 3. The molecule has 1 saturated heterocycles. The van der Waals surface area contributed by atoms with Crippen molar-refractivity contribution in [3.05, 3.63) is 81.2 Å². The van der Waals surface area contributed by atoms with Crippen LogP contribution in [0.25, 0.3) is 6.08 Å². The summed E-state index contributed by atoms with van der Waals surface area (Å²) in [6.45, 7) is -0.0407. The van der Waals surface area contributed by atoms with Crippen LogP contribution in [0.4, 0.5) is 5.69 Å². The first-order chi connectivity index (χ1) is 17.2. The van der Waals surface area contributed by atoms with Crippen molar-refractivity contribution in [1.82, 2.24) is 5.32 Å². The fraction of sp³-hybridized carbons (Fsp3) is 0.0833. The van der Waals surface area contributed by atoms with Gasteiger partial charge in [-0.25, -0.2) is 4.79 Å². The van der Waals surface area contributed by atoms with Gasteiger partial charge < -0.3 is 19.0 Å². The number of furan rings is 1. The van der Waals surface area contributed by atoms with E-state index in [-0.39, 0.29) is 28.1 Å². The zero-order valence-electron chi connectivity index (χ0n) is 18.4. The number of benzene rings is 2. The van der Waals surface area contributed by atoms with Crippen LogP contribution in [0, 0.1) is 0 Å². The zero-order chi connectivity index (χ0) is 26.0. The highest BCUT2D eigenvalue weighted by atomic mass is 35.5. The number of nitrogens with zero attached hydrogens (tertiary/aromatic N) is 1. The molecule has 0 saturated carbocycles. The molecule has 0 unspecified atom stereocenters. The van der Waals surface area contributed by atoms with Crippen molar-refractivity contribution in [2.45, 2.75) is 6.61 Å². The Hall–Kier alpha value is -3.86. The monoisotopic (exact) mass is 546 g/mol. The number of rotatable bonds is 7. The first-order valence-electron chi connectivity index (χ1n) is 10.2. The van der Waals surface area contributed by atoms with Crippen molar-refractivity contribution >= 4 is 70.1 Å². The van der Waals surface area contributed by atoms with Crippen molar-refractivity contribution in [3.8, 4) is 11.5 Å². The predicted molar refractivity (Wildman–Crippen MR) is 136 cm³/mol. The first-order valence-corrected chi connectivity index (χ1v) is 11.3. The Morgan fingerprint density at radius 2 is 1.89 bits per heavy atom. The summed E-state index contributed by atoms with van der Waals surface area (Å²) < 4.78 is 16.2. The number of ether oxygens (including phenoxy) is 2. The highest BCUT2D eigenvalue weighted by molar-refractivity contribution is 7.80. The third-order valence-electron chi connectivity index (χ3n) is 5.00. The summed E-state index contributed by atoms with van der Waals surface area (Å²) in [5, 5.41) is 11.9. The van der Waals surface area contributed by atoms with Gasteiger partial charge >= 0.3 is 5.97 Å².